The van der Waals surface area contributed by atoms with E-state index in [0.717, 1.165) is 44.0 Å². The van der Waals surface area contributed by atoms with E-state index in [2.05, 4.69) is 5.32 Å². The van der Waals surface area contributed by atoms with E-state index in [1.165, 1.54) is 6.42 Å². The fraction of sp³-hybridized carbons (Fsp3) is 0.650. The number of likely N-dealkylation sites (tertiary alicyclic amines) is 1. The van der Waals surface area contributed by atoms with Gasteiger partial charge in [0.2, 0.25) is 5.91 Å². The Morgan fingerprint density at radius 2 is 1.84 bits per heavy atom. The van der Waals surface area contributed by atoms with Crippen LogP contribution < -0.4 is 14.8 Å². The number of carbonyl (C=O) groups excluding carboxylic acids is 1. The number of amides is 1. The minimum absolute atomic E-state index is 0.187. The number of ether oxygens (including phenoxy) is 2. The number of methoxy groups -OCH3 is 2. The molecular weight excluding hydrogens is 316 g/mol. The zero-order valence-corrected chi connectivity index (χ0v) is 16.2. The Hall–Kier alpha value is -1.75. The van der Waals surface area contributed by atoms with Crippen LogP contribution in [0.1, 0.15) is 38.7 Å². The Balaban J connectivity index is 2.08. The lowest BCUT2D eigenvalue weighted by Crippen LogP contribution is -2.47. The molecule has 0 spiro atoms. The van der Waals surface area contributed by atoms with E-state index in [9.17, 15) is 4.79 Å². The van der Waals surface area contributed by atoms with Crippen LogP contribution in [0.25, 0.3) is 0 Å². The number of hydrogen-bond donors (Lipinski definition) is 1. The Labute approximate surface area is 151 Å². The van der Waals surface area contributed by atoms with Crippen LogP contribution in [0.2, 0.25) is 0 Å². The number of benzene rings is 1. The predicted octanol–water partition coefficient (Wildman–Crippen LogP) is 2.83. The SMILES string of the molecule is CNCCC1CCN(C(=O)C(C)(C)c2ccc(OC)c(OC)c2)CC1. The maximum Gasteiger partial charge on any atom is 0.232 e. The minimum atomic E-state index is -0.586. The molecule has 0 bridgehead atoms. The van der Waals surface area contributed by atoms with Crippen molar-refractivity contribution in [1.82, 2.24) is 10.2 Å². The zero-order valence-electron chi connectivity index (χ0n) is 16.2. The third-order valence-corrected chi connectivity index (χ3v) is 5.34. The van der Waals surface area contributed by atoms with Crippen LogP contribution in [-0.4, -0.2) is 51.7 Å². The summed E-state index contributed by atoms with van der Waals surface area (Å²) in [5.41, 5.74) is 0.365. The molecule has 2 rings (SSSR count). The zero-order chi connectivity index (χ0) is 18.4. The molecule has 0 unspecified atom stereocenters. The van der Waals surface area contributed by atoms with E-state index in [0.29, 0.717) is 11.5 Å². The fourth-order valence-corrected chi connectivity index (χ4v) is 3.52. The van der Waals surface area contributed by atoms with Crippen LogP contribution in [0.5, 0.6) is 11.5 Å². The molecule has 0 atom stereocenters. The van der Waals surface area contributed by atoms with E-state index >= 15 is 0 Å². The summed E-state index contributed by atoms with van der Waals surface area (Å²) >= 11 is 0. The average molecular weight is 348 g/mol. The molecule has 1 saturated heterocycles. The third-order valence-electron chi connectivity index (χ3n) is 5.34. The summed E-state index contributed by atoms with van der Waals surface area (Å²) in [6.07, 6.45) is 3.38. The number of rotatable bonds is 7. The molecule has 140 valence electrons. The molecule has 0 radical (unpaired) electrons. The standard InChI is InChI=1S/C20H32N2O3/c1-20(2,16-6-7-17(24-4)18(14-16)25-5)19(23)22-12-9-15(10-13-22)8-11-21-3/h6-7,14-15,21H,8-13H2,1-5H3. The maximum atomic E-state index is 13.1. The van der Waals surface area contributed by atoms with Crippen molar-refractivity contribution >= 4 is 5.91 Å². The molecule has 1 heterocycles. The van der Waals surface area contributed by atoms with Crippen LogP contribution in [0.4, 0.5) is 0 Å². The van der Waals surface area contributed by atoms with Crippen LogP contribution in [0.15, 0.2) is 18.2 Å². The molecule has 1 aromatic carbocycles. The van der Waals surface area contributed by atoms with E-state index in [1.54, 1.807) is 14.2 Å². The van der Waals surface area contributed by atoms with Gasteiger partial charge in [0.1, 0.15) is 0 Å². The molecule has 1 aliphatic rings. The van der Waals surface area contributed by atoms with Gasteiger partial charge in [0.05, 0.1) is 19.6 Å². The lowest BCUT2D eigenvalue weighted by Gasteiger charge is -2.37. The molecule has 5 heteroatoms. The van der Waals surface area contributed by atoms with Gasteiger partial charge in [-0.2, -0.15) is 0 Å². The third kappa shape index (κ3) is 4.46. The van der Waals surface area contributed by atoms with Gasteiger partial charge in [0, 0.05) is 13.1 Å². The Kier molecular flexibility index (Phi) is 6.71. The van der Waals surface area contributed by atoms with Crippen LogP contribution in [0, 0.1) is 5.92 Å². The summed E-state index contributed by atoms with van der Waals surface area (Å²) in [6, 6.07) is 5.74. The molecule has 0 saturated carbocycles. The molecule has 5 nitrogen and oxygen atoms in total. The van der Waals surface area contributed by atoms with E-state index in [4.69, 9.17) is 9.47 Å². The number of carbonyl (C=O) groups is 1. The van der Waals surface area contributed by atoms with Crippen molar-refractivity contribution in [3.05, 3.63) is 23.8 Å². The molecule has 1 aliphatic heterocycles. The van der Waals surface area contributed by atoms with Gasteiger partial charge >= 0.3 is 0 Å². The average Bonchev–Trinajstić information content (AvgIpc) is 2.65. The highest BCUT2D eigenvalue weighted by atomic mass is 16.5. The number of piperidine rings is 1. The van der Waals surface area contributed by atoms with Crippen molar-refractivity contribution < 1.29 is 14.3 Å². The van der Waals surface area contributed by atoms with Gasteiger partial charge in [0.15, 0.2) is 11.5 Å². The first-order valence-electron chi connectivity index (χ1n) is 9.10. The molecule has 0 aliphatic carbocycles. The monoisotopic (exact) mass is 348 g/mol. The van der Waals surface area contributed by atoms with Crippen molar-refractivity contribution in [1.29, 1.82) is 0 Å². The highest BCUT2D eigenvalue weighted by molar-refractivity contribution is 5.87. The lowest BCUT2D eigenvalue weighted by molar-refractivity contribution is -0.137. The molecular formula is C20H32N2O3. The van der Waals surface area contributed by atoms with Crippen LogP contribution >= 0.6 is 0 Å². The van der Waals surface area contributed by atoms with E-state index in [1.807, 2.05) is 44.0 Å². The highest BCUT2D eigenvalue weighted by Crippen LogP contribution is 2.35. The summed E-state index contributed by atoms with van der Waals surface area (Å²) in [4.78, 5) is 15.2. The van der Waals surface area contributed by atoms with Gasteiger partial charge < -0.3 is 19.7 Å². The highest BCUT2D eigenvalue weighted by Gasteiger charge is 2.36. The predicted molar refractivity (Wildman–Crippen MR) is 100 cm³/mol. The number of hydrogen-bond acceptors (Lipinski definition) is 4. The number of nitrogens with one attached hydrogen (secondary N) is 1. The lowest BCUT2D eigenvalue weighted by atomic mass is 9.82. The van der Waals surface area contributed by atoms with E-state index in [-0.39, 0.29) is 5.91 Å². The first-order chi connectivity index (χ1) is 11.9. The van der Waals surface area contributed by atoms with Crippen molar-refractivity contribution in [3.63, 3.8) is 0 Å². The molecule has 1 amide bonds. The van der Waals surface area contributed by atoms with Gasteiger partial charge in [0.25, 0.3) is 0 Å². The summed E-state index contributed by atoms with van der Waals surface area (Å²) in [6.45, 7) is 6.73. The Morgan fingerprint density at radius 3 is 2.40 bits per heavy atom. The normalized spacial score (nSPS) is 16.0. The summed E-state index contributed by atoms with van der Waals surface area (Å²) in [5.74, 6) is 2.25. The summed E-state index contributed by atoms with van der Waals surface area (Å²) in [7, 11) is 5.22. The Bertz CT molecular complexity index is 578. The molecule has 0 aromatic heterocycles. The summed E-state index contributed by atoms with van der Waals surface area (Å²) < 4.78 is 10.7. The van der Waals surface area contributed by atoms with E-state index < -0.39 is 5.41 Å². The van der Waals surface area contributed by atoms with Gasteiger partial charge in [-0.1, -0.05) is 6.07 Å². The topological polar surface area (TPSA) is 50.8 Å². The van der Waals surface area contributed by atoms with Gasteiger partial charge in [-0.15, -0.1) is 0 Å². The van der Waals surface area contributed by atoms with Crippen molar-refractivity contribution in [2.45, 2.75) is 38.5 Å². The van der Waals surface area contributed by atoms with Gasteiger partial charge in [-0.25, -0.2) is 0 Å². The molecule has 25 heavy (non-hydrogen) atoms. The molecule has 1 N–H and O–H groups in total. The second-order valence-corrected chi connectivity index (χ2v) is 7.32. The molecule has 1 aromatic rings. The van der Waals surface area contributed by atoms with Crippen LogP contribution in [0.3, 0.4) is 0 Å². The number of nitrogens with zero attached hydrogens (tertiary/aromatic N) is 1. The van der Waals surface area contributed by atoms with Crippen LogP contribution in [-0.2, 0) is 10.2 Å². The van der Waals surface area contributed by atoms with Crippen molar-refractivity contribution in [2.24, 2.45) is 5.92 Å². The fourth-order valence-electron chi connectivity index (χ4n) is 3.52. The van der Waals surface area contributed by atoms with Gasteiger partial charge in [-0.3, -0.25) is 4.79 Å². The van der Waals surface area contributed by atoms with Crippen molar-refractivity contribution in [2.75, 3.05) is 40.9 Å². The summed E-state index contributed by atoms with van der Waals surface area (Å²) in [5, 5.41) is 3.21. The first-order valence-corrected chi connectivity index (χ1v) is 9.10. The molecule has 1 fully saturated rings. The van der Waals surface area contributed by atoms with Gasteiger partial charge in [-0.05, 0) is 70.3 Å². The Morgan fingerprint density at radius 1 is 1.20 bits per heavy atom. The smallest absolute Gasteiger partial charge is 0.232 e. The maximum absolute atomic E-state index is 13.1. The van der Waals surface area contributed by atoms with Crippen molar-refractivity contribution in [3.8, 4) is 11.5 Å². The largest absolute Gasteiger partial charge is 0.493 e. The second kappa shape index (κ2) is 8.56. The first kappa shape index (κ1) is 19.6. The minimum Gasteiger partial charge on any atom is -0.493 e. The second-order valence-electron chi connectivity index (χ2n) is 7.32. The quantitative estimate of drug-likeness (QED) is 0.823.